The van der Waals surface area contributed by atoms with Crippen LogP contribution in [0.3, 0.4) is 0 Å². The minimum atomic E-state index is 0.587. The maximum atomic E-state index is 9.42. The number of nitrogens with two attached hydrogens (primary N) is 1. The fourth-order valence-electron chi connectivity index (χ4n) is 3.63. The summed E-state index contributed by atoms with van der Waals surface area (Å²) >= 11 is 0. The highest BCUT2D eigenvalue weighted by Gasteiger charge is 2.21. The van der Waals surface area contributed by atoms with Crippen molar-refractivity contribution in [2.45, 2.75) is 19.4 Å². The molecule has 118 valence electrons. The van der Waals surface area contributed by atoms with Crippen molar-refractivity contribution in [2.75, 3.05) is 17.2 Å². The first-order valence-corrected chi connectivity index (χ1v) is 8.30. The molecule has 1 aliphatic heterocycles. The van der Waals surface area contributed by atoms with Crippen LogP contribution in [0.4, 0.5) is 11.4 Å². The Kier molecular flexibility index (Phi) is 3.59. The van der Waals surface area contributed by atoms with Crippen LogP contribution in [0.1, 0.15) is 23.1 Å². The summed E-state index contributed by atoms with van der Waals surface area (Å²) in [5.74, 6) is 0. The van der Waals surface area contributed by atoms with Crippen LogP contribution in [0, 0.1) is 11.3 Å². The van der Waals surface area contributed by atoms with E-state index >= 15 is 0 Å². The normalized spacial score (nSPS) is 13.5. The average molecular weight is 313 g/mol. The van der Waals surface area contributed by atoms with Crippen molar-refractivity contribution >= 4 is 22.1 Å². The number of anilines is 2. The topological polar surface area (TPSA) is 53.1 Å². The summed E-state index contributed by atoms with van der Waals surface area (Å²) in [6, 6.07) is 21.3. The second-order valence-electron chi connectivity index (χ2n) is 6.35. The second kappa shape index (κ2) is 5.90. The molecule has 0 atom stereocenters. The molecule has 0 saturated heterocycles. The number of fused-ring (bicyclic) bond motifs is 2. The van der Waals surface area contributed by atoms with E-state index in [2.05, 4.69) is 59.5 Å². The molecule has 0 unspecified atom stereocenters. The monoisotopic (exact) mass is 313 g/mol. The largest absolute Gasteiger partial charge is 0.398 e. The van der Waals surface area contributed by atoms with Gasteiger partial charge in [-0.3, -0.25) is 0 Å². The first-order chi connectivity index (χ1) is 11.8. The first-order valence-electron chi connectivity index (χ1n) is 8.30. The van der Waals surface area contributed by atoms with Crippen molar-refractivity contribution < 1.29 is 0 Å². The molecule has 24 heavy (non-hydrogen) atoms. The number of hydrogen-bond acceptors (Lipinski definition) is 3. The summed E-state index contributed by atoms with van der Waals surface area (Å²) < 4.78 is 0. The smallest absolute Gasteiger partial charge is 0.102 e. The number of nitrogen functional groups attached to an aromatic ring is 1. The number of nitrogens with zero attached hydrogens (tertiary/aromatic N) is 2. The maximum Gasteiger partial charge on any atom is 0.102 e. The Balaban J connectivity index is 1.70. The predicted octanol–water partition coefficient (Wildman–Crippen LogP) is 4.25. The third-order valence-corrected chi connectivity index (χ3v) is 4.82. The highest BCUT2D eigenvalue weighted by atomic mass is 15.1. The molecule has 0 bridgehead atoms. The van der Waals surface area contributed by atoms with Crippen molar-refractivity contribution in [3.8, 4) is 6.07 Å². The molecule has 3 aromatic carbocycles. The summed E-state index contributed by atoms with van der Waals surface area (Å²) in [5.41, 5.74) is 10.8. The molecule has 0 amide bonds. The van der Waals surface area contributed by atoms with Crippen LogP contribution in [0.25, 0.3) is 10.8 Å². The standard InChI is InChI=1S/C21H19N3/c22-13-19-18-6-3-11-24(21(18)10-9-20(19)23)14-15-7-8-16-4-1-2-5-17(16)12-15/h1-2,4-5,7-10,12H,3,6,11,14,23H2. The minimum Gasteiger partial charge on any atom is -0.398 e. The van der Waals surface area contributed by atoms with E-state index in [0.717, 1.165) is 37.2 Å². The van der Waals surface area contributed by atoms with E-state index in [-0.39, 0.29) is 0 Å². The Hall–Kier alpha value is -2.99. The number of rotatable bonds is 2. The summed E-state index contributed by atoms with van der Waals surface area (Å²) in [7, 11) is 0. The van der Waals surface area contributed by atoms with Gasteiger partial charge in [0.2, 0.25) is 0 Å². The van der Waals surface area contributed by atoms with Crippen molar-refractivity contribution in [2.24, 2.45) is 0 Å². The molecule has 0 spiro atoms. The van der Waals surface area contributed by atoms with Gasteiger partial charge in [0.25, 0.3) is 0 Å². The molecule has 3 aromatic rings. The van der Waals surface area contributed by atoms with Crippen LogP contribution in [0.2, 0.25) is 0 Å². The van der Waals surface area contributed by atoms with Gasteiger partial charge in [0.05, 0.1) is 5.56 Å². The molecule has 0 aliphatic carbocycles. The summed E-state index contributed by atoms with van der Waals surface area (Å²) in [5, 5.41) is 11.9. The fraction of sp³-hybridized carbons (Fsp3) is 0.190. The quantitative estimate of drug-likeness (QED) is 0.720. The number of nitriles is 1. The van der Waals surface area contributed by atoms with Gasteiger partial charge in [-0.25, -0.2) is 0 Å². The van der Waals surface area contributed by atoms with Crippen LogP contribution in [0.15, 0.2) is 54.6 Å². The van der Waals surface area contributed by atoms with Crippen molar-refractivity contribution in [3.05, 3.63) is 71.3 Å². The summed E-state index contributed by atoms with van der Waals surface area (Å²) in [6.45, 7) is 1.86. The van der Waals surface area contributed by atoms with Crippen LogP contribution in [-0.2, 0) is 13.0 Å². The average Bonchev–Trinajstić information content (AvgIpc) is 2.62. The van der Waals surface area contributed by atoms with Gasteiger partial charge in [0.1, 0.15) is 6.07 Å². The van der Waals surface area contributed by atoms with Crippen molar-refractivity contribution in [1.82, 2.24) is 0 Å². The zero-order valence-corrected chi connectivity index (χ0v) is 13.5. The van der Waals surface area contributed by atoms with Crippen LogP contribution in [-0.4, -0.2) is 6.54 Å². The summed E-state index contributed by atoms with van der Waals surface area (Å²) in [6.07, 6.45) is 1.98. The lowest BCUT2D eigenvalue weighted by Crippen LogP contribution is -2.29. The van der Waals surface area contributed by atoms with Gasteiger partial charge in [-0.1, -0.05) is 36.4 Å². The fourth-order valence-corrected chi connectivity index (χ4v) is 3.63. The lowest BCUT2D eigenvalue weighted by Gasteiger charge is -2.32. The van der Waals surface area contributed by atoms with Crippen LogP contribution >= 0.6 is 0 Å². The van der Waals surface area contributed by atoms with Gasteiger partial charge in [-0.15, -0.1) is 0 Å². The van der Waals surface area contributed by atoms with E-state index in [1.165, 1.54) is 16.3 Å². The van der Waals surface area contributed by atoms with E-state index in [9.17, 15) is 5.26 Å². The Morgan fingerprint density at radius 2 is 1.88 bits per heavy atom. The molecule has 0 fully saturated rings. The lowest BCUT2D eigenvalue weighted by molar-refractivity contribution is 0.690. The Bertz CT molecular complexity index is 953. The molecule has 0 radical (unpaired) electrons. The zero-order valence-electron chi connectivity index (χ0n) is 13.5. The molecule has 3 heteroatoms. The van der Waals surface area contributed by atoms with E-state index in [4.69, 9.17) is 5.73 Å². The molecular formula is C21H19N3. The molecular weight excluding hydrogens is 294 g/mol. The van der Waals surface area contributed by atoms with E-state index in [1.807, 2.05) is 6.07 Å². The summed E-state index contributed by atoms with van der Waals surface area (Å²) in [4.78, 5) is 2.36. The van der Waals surface area contributed by atoms with E-state index < -0.39 is 0 Å². The Labute approximate surface area is 141 Å². The van der Waals surface area contributed by atoms with Gasteiger partial charge in [0, 0.05) is 24.5 Å². The third-order valence-electron chi connectivity index (χ3n) is 4.82. The predicted molar refractivity (Wildman–Crippen MR) is 98.9 cm³/mol. The molecule has 1 aliphatic rings. The molecule has 0 saturated carbocycles. The van der Waals surface area contributed by atoms with Crippen molar-refractivity contribution in [3.63, 3.8) is 0 Å². The second-order valence-corrected chi connectivity index (χ2v) is 6.35. The Morgan fingerprint density at radius 1 is 1.04 bits per heavy atom. The van der Waals surface area contributed by atoms with Gasteiger partial charge < -0.3 is 10.6 Å². The van der Waals surface area contributed by atoms with E-state index in [0.29, 0.717) is 11.3 Å². The van der Waals surface area contributed by atoms with Gasteiger partial charge in [-0.2, -0.15) is 5.26 Å². The van der Waals surface area contributed by atoms with Gasteiger partial charge >= 0.3 is 0 Å². The SMILES string of the molecule is N#Cc1c(N)ccc2c1CCCN2Cc1ccc2ccccc2c1. The lowest BCUT2D eigenvalue weighted by atomic mass is 9.95. The Morgan fingerprint density at radius 3 is 2.71 bits per heavy atom. The molecule has 2 N–H and O–H groups in total. The zero-order chi connectivity index (χ0) is 16.5. The van der Waals surface area contributed by atoms with Gasteiger partial charge in [-0.05, 0) is 52.9 Å². The highest BCUT2D eigenvalue weighted by molar-refractivity contribution is 5.83. The highest BCUT2D eigenvalue weighted by Crippen LogP contribution is 2.33. The van der Waals surface area contributed by atoms with Crippen LogP contribution < -0.4 is 10.6 Å². The molecule has 3 nitrogen and oxygen atoms in total. The minimum absolute atomic E-state index is 0.587. The van der Waals surface area contributed by atoms with Crippen molar-refractivity contribution in [1.29, 1.82) is 5.26 Å². The number of benzene rings is 3. The molecule has 4 rings (SSSR count). The number of hydrogen-bond donors (Lipinski definition) is 1. The third kappa shape index (κ3) is 2.47. The maximum absolute atomic E-state index is 9.42. The first kappa shape index (κ1) is 14.6. The molecule has 1 heterocycles. The van der Waals surface area contributed by atoms with Gasteiger partial charge in [0.15, 0.2) is 0 Å². The van der Waals surface area contributed by atoms with E-state index in [1.54, 1.807) is 0 Å². The van der Waals surface area contributed by atoms with Crippen LogP contribution in [0.5, 0.6) is 0 Å². The molecule has 0 aromatic heterocycles.